The van der Waals surface area contributed by atoms with Gasteiger partial charge in [0, 0.05) is 23.8 Å². The van der Waals surface area contributed by atoms with Crippen LogP contribution >= 0.6 is 15.9 Å². The van der Waals surface area contributed by atoms with Crippen molar-refractivity contribution in [2.24, 2.45) is 7.05 Å². The number of carboxylic acid groups (broad SMARTS) is 1. The normalized spacial score (nSPS) is 10.5. The van der Waals surface area contributed by atoms with Crippen molar-refractivity contribution in [2.45, 2.75) is 13.5 Å². The van der Waals surface area contributed by atoms with Gasteiger partial charge in [0.1, 0.15) is 6.54 Å². The molecule has 0 spiro atoms. The molecule has 0 fully saturated rings. The lowest BCUT2D eigenvalue weighted by molar-refractivity contribution is -0.137. The van der Waals surface area contributed by atoms with Crippen molar-refractivity contribution in [3.8, 4) is 0 Å². The fraction of sp³-hybridized carbons (Fsp3) is 0.267. The molecule has 0 aliphatic heterocycles. The van der Waals surface area contributed by atoms with Crippen LogP contribution in [0.3, 0.4) is 0 Å². The van der Waals surface area contributed by atoms with Crippen LogP contribution in [0, 0.1) is 6.92 Å². The molecular weight excluding hydrogens is 350 g/mol. The molecule has 22 heavy (non-hydrogen) atoms. The minimum atomic E-state index is -1.06. The van der Waals surface area contributed by atoms with E-state index >= 15 is 0 Å². The van der Waals surface area contributed by atoms with E-state index in [1.807, 2.05) is 31.2 Å². The average Bonchev–Trinajstić information content (AvgIpc) is 2.77. The average molecular weight is 366 g/mol. The molecule has 0 bridgehead atoms. The molecule has 0 saturated carbocycles. The molecule has 0 atom stereocenters. The summed E-state index contributed by atoms with van der Waals surface area (Å²) in [5.74, 6) is -1.46. The highest BCUT2D eigenvalue weighted by Gasteiger charge is 2.21. The van der Waals surface area contributed by atoms with Gasteiger partial charge in [-0.05, 0) is 30.7 Å². The van der Waals surface area contributed by atoms with E-state index in [9.17, 15) is 9.59 Å². The minimum Gasteiger partial charge on any atom is -0.480 e. The van der Waals surface area contributed by atoms with Crippen molar-refractivity contribution in [3.05, 3.63) is 51.8 Å². The molecule has 7 heteroatoms. The Kier molecular flexibility index (Phi) is 4.97. The first-order chi connectivity index (χ1) is 10.4. The van der Waals surface area contributed by atoms with E-state index in [0.29, 0.717) is 0 Å². The fourth-order valence-corrected chi connectivity index (χ4v) is 2.49. The largest absolute Gasteiger partial charge is 0.480 e. The summed E-state index contributed by atoms with van der Waals surface area (Å²) in [4.78, 5) is 24.8. The van der Waals surface area contributed by atoms with Gasteiger partial charge in [0.25, 0.3) is 5.91 Å². The van der Waals surface area contributed by atoms with E-state index in [1.165, 1.54) is 4.90 Å². The molecule has 0 unspecified atom stereocenters. The minimum absolute atomic E-state index is 0.209. The van der Waals surface area contributed by atoms with Gasteiger partial charge in [-0.15, -0.1) is 0 Å². The molecule has 1 aromatic heterocycles. The number of aryl methyl sites for hydroxylation is 2. The number of halogens is 1. The Hall–Kier alpha value is -2.15. The van der Waals surface area contributed by atoms with E-state index in [2.05, 4.69) is 21.0 Å². The maximum absolute atomic E-state index is 12.5. The van der Waals surface area contributed by atoms with Crippen LogP contribution in [-0.4, -0.2) is 38.2 Å². The number of hydrogen-bond donors (Lipinski definition) is 1. The van der Waals surface area contributed by atoms with E-state index in [1.54, 1.807) is 17.8 Å². The smallest absolute Gasteiger partial charge is 0.323 e. The second-order valence-corrected chi connectivity index (χ2v) is 5.90. The zero-order valence-corrected chi connectivity index (χ0v) is 13.9. The molecule has 0 saturated heterocycles. The molecular formula is C15H16BrN3O3. The molecule has 1 aromatic carbocycles. The molecule has 1 amide bonds. The van der Waals surface area contributed by atoms with Crippen molar-refractivity contribution in [3.63, 3.8) is 0 Å². The Bertz CT molecular complexity index is 692. The second kappa shape index (κ2) is 6.74. The number of carbonyl (C=O) groups is 2. The molecule has 2 aromatic rings. The number of carboxylic acids is 1. The Labute approximate surface area is 136 Å². The molecule has 0 aliphatic rings. The first-order valence-corrected chi connectivity index (χ1v) is 7.42. The van der Waals surface area contributed by atoms with Crippen molar-refractivity contribution < 1.29 is 14.7 Å². The number of benzene rings is 1. The van der Waals surface area contributed by atoms with Gasteiger partial charge < -0.3 is 10.0 Å². The van der Waals surface area contributed by atoms with Crippen molar-refractivity contribution >= 4 is 27.8 Å². The molecule has 116 valence electrons. The maximum Gasteiger partial charge on any atom is 0.323 e. The summed E-state index contributed by atoms with van der Waals surface area (Å²) >= 11 is 3.36. The number of carbonyl (C=O) groups excluding carboxylic acids is 1. The van der Waals surface area contributed by atoms with Gasteiger partial charge in [-0.3, -0.25) is 14.3 Å². The highest BCUT2D eigenvalue weighted by Crippen LogP contribution is 2.15. The van der Waals surface area contributed by atoms with Crippen LogP contribution < -0.4 is 0 Å². The molecule has 2 rings (SSSR count). The molecule has 6 nitrogen and oxygen atoms in total. The standard InChI is InChI=1S/C15H16BrN3O3/c1-10-6-13(17-18(10)2)15(22)19(9-14(20)21)8-11-4-3-5-12(16)7-11/h3-7H,8-9H2,1-2H3,(H,20,21). The third-order valence-corrected chi connectivity index (χ3v) is 3.70. The topological polar surface area (TPSA) is 75.4 Å². The van der Waals surface area contributed by atoms with E-state index in [0.717, 1.165) is 15.7 Å². The highest BCUT2D eigenvalue weighted by molar-refractivity contribution is 9.10. The van der Waals surface area contributed by atoms with Crippen LogP contribution in [0.25, 0.3) is 0 Å². The van der Waals surface area contributed by atoms with Crippen LogP contribution in [0.2, 0.25) is 0 Å². The Morgan fingerprint density at radius 1 is 1.36 bits per heavy atom. The quantitative estimate of drug-likeness (QED) is 0.881. The first kappa shape index (κ1) is 16.2. The Morgan fingerprint density at radius 3 is 2.64 bits per heavy atom. The van der Waals surface area contributed by atoms with Crippen LogP contribution in [0.1, 0.15) is 21.7 Å². The summed E-state index contributed by atoms with van der Waals surface area (Å²) < 4.78 is 2.46. The van der Waals surface area contributed by atoms with Gasteiger partial charge in [-0.25, -0.2) is 0 Å². The second-order valence-electron chi connectivity index (χ2n) is 4.98. The summed E-state index contributed by atoms with van der Waals surface area (Å²) in [6.07, 6.45) is 0. The van der Waals surface area contributed by atoms with Crippen LogP contribution in [0.5, 0.6) is 0 Å². The van der Waals surface area contributed by atoms with Gasteiger partial charge in [-0.2, -0.15) is 5.10 Å². The van der Waals surface area contributed by atoms with E-state index in [4.69, 9.17) is 5.11 Å². The number of nitrogens with zero attached hydrogens (tertiary/aromatic N) is 3. The van der Waals surface area contributed by atoms with Gasteiger partial charge in [0.2, 0.25) is 0 Å². The third-order valence-electron chi connectivity index (χ3n) is 3.21. The van der Waals surface area contributed by atoms with Crippen molar-refractivity contribution in [1.29, 1.82) is 0 Å². The number of amides is 1. The zero-order chi connectivity index (χ0) is 16.3. The lowest BCUT2D eigenvalue weighted by atomic mass is 10.2. The molecule has 0 radical (unpaired) electrons. The van der Waals surface area contributed by atoms with Gasteiger partial charge in [0.05, 0.1) is 0 Å². The number of aromatic nitrogens is 2. The van der Waals surface area contributed by atoms with E-state index in [-0.39, 0.29) is 18.8 Å². The summed E-state index contributed by atoms with van der Waals surface area (Å²) in [6, 6.07) is 9.06. The molecule has 1 N–H and O–H groups in total. The predicted octanol–water partition coefficient (Wildman–Crippen LogP) is 2.22. The monoisotopic (exact) mass is 365 g/mol. The first-order valence-electron chi connectivity index (χ1n) is 6.63. The number of hydrogen-bond acceptors (Lipinski definition) is 3. The Balaban J connectivity index is 2.25. The SMILES string of the molecule is Cc1cc(C(=O)N(CC(=O)O)Cc2cccc(Br)c2)nn1C. The molecule has 1 heterocycles. The van der Waals surface area contributed by atoms with Crippen LogP contribution in [0.15, 0.2) is 34.8 Å². The zero-order valence-electron chi connectivity index (χ0n) is 12.3. The van der Waals surface area contributed by atoms with Gasteiger partial charge in [-0.1, -0.05) is 28.1 Å². The van der Waals surface area contributed by atoms with Crippen molar-refractivity contribution in [1.82, 2.24) is 14.7 Å². The van der Waals surface area contributed by atoms with Crippen molar-refractivity contribution in [2.75, 3.05) is 6.54 Å². The van der Waals surface area contributed by atoms with E-state index < -0.39 is 11.9 Å². The third kappa shape index (κ3) is 3.94. The maximum atomic E-state index is 12.5. The number of rotatable bonds is 5. The fourth-order valence-electron chi connectivity index (χ4n) is 2.05. The van der Waals surface area contributed by atoms with Crippen LogP contribution in [-0.2, 0) is 18.4 Å². The lowest BCUT2D eigenvalue weighted by Crippen LogP contribution is -2.35. The summed E-state index contributed by atoms with van der Waals surface area (Å²) in [7, 11) is 1.74. The van der Waals surface area contributed by atoms with Gasteiger partial charge in [0.15, 0.2) is 5.69 Å². The predicted molar refractivity (Wildman–Crippen MR) is 84.5 cm³/mol. The highest BCUT2D eigenvalue weighted by atomic mass is 79.9. The lowest BCUT2D eigenvalue weighted by Gasteiger charge is -2.20. The van der Waals surface area contributed by atoms with Gasteiger partial charge >= 0.3 is 5.97 Å². The van der Waals surface area contributed by atoms with Crippen LogP contribution in [0.4, 0.5) is 0 Å². The number of aliphatic carboxylic acids is 1. The molecule has 0 aliphatic carbocycles. The Morgan fingerprint density at radius 2 is 2.09 bits per heavy atom. The summed E-state index contributed by atoms with van der Waals surface area (Å²) in [5, 5.41) is 13.2. The summed E-state index contributed by atoms with van der Waals surface area (Å²) in [6.45, 7) is 1.67. The summed E-state index contributed by atoms with van der Waals surface area (Å²) in [5.41, 5.74) is 1.92.